The van der Waals surface area contributed by atoms with Crippen molar-refractivity contribution < 1.29 is 0 Å². The Morgan fingerprint density at radius 2 is 0.655 bits per heavy atom. The van der Waals surface area contributed by atoms with E-state index in [4.69, 9.17) is 0 Å². The Labute approximate surface area is 317 Å². The Morgan fingerprint density at radius 3 is 1.27 bits per heavy atom. The Morgan fingerprint density at radius 1 is 0.218 bits per heavy atom. The fourth-order valence-corrected chi connectivity index (χ4v) is 9.13. The summed E-state index contributed by atoms with van der Waals surface area (Å²) in [6, 6.07) is 73.3. The van der Waals surface area contributed by atoms with Crippen molar-refractivity contribution in [3.63, 3.8) is 0 Å². The van der Waals surface area contributed by atoms with E-state index in [0.717, 1.165) is 11.4 Å². The molecule has 0 fully saturated rings. The molecule has 0 radical (unpaired) electrons. The molecule has 3 heteroatoms. The summed E-state index contributed by atoms with van der Waals surface area (Å²) in [5, 5.41) is 10.0. The van der Waals surface area contributed by atoms with Crippen LogP contribution in [-0.2, 0) is 0 Å². The predicted octanol–water partition coefficient (Wildman–Crippen LogP) is 13.8. The summed E-state index contributed by atoms with van der Waals surface area (Å²) in [6.07, 6.45) is 0. The number of nitrogens with zero attached hydrogens (tertiary/aromatic N) is 3. The van der Waals surface area contributed by atoms with Gasteiger partial charge in [0.2, 0.25) is 0 Å². The first kappa shape index (κ1) is 30.1. The zero-order valence-corrected chi connectivity index (χ0v) is 29.9. The summed E-state index contributed by atoms with van der Waals surface area (Å²) in [4.78, 5) is 0. The van der Waals surface area contributed by atoms with E-state index in [1.54, 1.807) is 0 Å². The minimum Gasteiger partial charge on any atom is -0.309 e. The summed E-state index contributed by atoms with van der Waals surface area (Å²) in [5.74, 6) is 0. The van der Waals surface area contributed by atoms with Crippen LogP contribution >= 0.6 is 0 Å². The van der Waals surface area contributed by atoms with E-state index < -0.39 is 0 Å². The van der Waals surface area contributed by atoms with E-state index >= 15 is 0 Å². The highest BCUT2D eigenvalue weighted by molar-refractivity contribution is 6.14. The topological polar surface area (TPSA) is 14.8 Å². The van der Waals surface area contributed by atoms with Crippen LogP contribution in [0.2, 0.25) is 0 Å². The normalized spacial score (nSPS) is 12.0. The van der Waals surface area contributed by atoms with Crippen LogP contribution in [0.5, 0.6) is 0 Å². The second-order valence-corrected chi connectivity index (χ2v) is 14.6. The minimum atomic E-state index is 1.15. The number of aromatic nitrogens is 3. The Bertz CT molecular complexity index is 3490. The van der Waals surface area contributed by atoms with Crippen LogP contribution in [0, 0.1) is 0 Å². The molecule has 3 heterocycles. The quantitative estimate of drug-likeness (QED) is 0.174. The highest BCUT2D eigenvalue weighted by atomic mass is 15.0. The first-order chi connectivity index (χ1) is 27.3. The summed E-state index contributed by atoms with van der Waals surface area (Å²) < 4.78 is 7.24. The van der Waals surface area contributed by atoms with E-state index in [2.05, 4.69) is 214 Å². The molecule has 12 aromatic rings. The van der Waals surface area contributed by atoms with Crippen LogP contribution in [0.4, 0.5) is 0 Å². The van der Waals surface area contributed by atoms with Crippen LogP contribution in [0.3, 0.4) is 0 Å². The number of hydrogen-bond acceptors (Lipinski definition) is 0. The lowest BCUT2D eigenvalue weighted by Crippen LogP contribution is -1.96. The largest absolute Gasteiger partial charge is 0.309 e. The monoisotopic (exact) mass is 699 g/mol. The molecule has 3 aromatic heterocycles. The molecular formula is C52H33N3. The number of hydrogen-bond donors (Lipinski definition) is 0. The number of rotatable bonds is 4. The molecule has 256 valence electrons. The lowest BCUT2D eigenvalue weighted by atomic mass is 10.0. The molecule has 0 aliphatic rings. The summed E-state index contributed by atoms with van der Waals surface area (Å²) >= 11 is 0. The van der Waals surface area contributed by atoms with Crippen LogP contribution in [-0.4, -0.2) is 13.7 Å². The molecule has 0 saturated carbocycles. The smallest absolute Gasteiger partial charge is 0.0561 e. The van der Waals surface area contributed by atoms with Gasteiger partial charge in [0.25, 0.3) is 0 Å². The van der Waals surface area contributed by atoms with Gasteiger partial charge in [-0.25, -0.2) is 0 Å². The molecule has 0 bridgehead atoms. The van der Waals surface area contributed by atoms with E-state index in [-0.39, 0.29) is 0 Å². The highest BCUT2D eigenvalue weighted by Crippen LogP contribution is 2.40. The highest BCUT2D eigenvalue weighted by Gasteiger charge is 2.18. The standard InChI is InChI=1S/C52H33N3/c1-2-14-38(15-3-1)53-47-19-9-6-16-41(47)44-27-26-40(33-52(44)53)55-49-21-11-8-18-43(49)46-32-37(24-29-51(46)55)36-23-28-50-45(31-36)42-17-7-10-20-48(42)54(50)39-25-22-34-12-4-5-13-35(34)30-39/h1-33H. The van der Waals surface area contributed by atoms with E-state index in [0.29, 0.717) is 0 Å². The van der Waals surface area contributed by atoms with Gasteiger partial charge >= 0.3 is 0 Å². The lowest BCUT2D eigenvalue weighted by Gasteiger charge is -2.11. The van der Waals surface area contributed by atoms with E-state index in [1.165, 1.54) is 93.0 Å². The van der Waals surface area contributed by atoms with Crippen LogP contribution in [0.25, 0.3) is 104 Å². The molecule has 0 N–H and O–H groups in total. The van der Waals surface area contributed by atoms with Crippen molar-refractivity contribution in [2.75, 3.05) is 0 Å². The van der Waals surface area contributed by atoms with Crippen molar-refractivity contribution in [3.8, 4) is 28.2 Å². The Hall–Kier alpha value is -7.36. The van der Waals surface area contributed by atoms with Gasteiger partial charge in [-0.2, -0.15) is 0 Å². The first-order valence-corrected chi connectivity index (χ1v) is 18.9. The maximum Gasteiger partial charge on any atom is 0.0561 e. The molecule has 0 atom stereocenters. The third-order valence-electron chi connectivity index (χ3n) is 11.6. The fourth-order valence-electron chi connectivity index (χ4n) is 9.13. The van der Waals surface area contributed by atoms with Gasteiger partial charge in [0.15, 0.2) is 0 Å². The molecule has 0 spiro atoms. The summed E-state index contributed by atoms with van der Waals surface area (Å²) in [5.41, 5.74) is 13.1. The molecule has 55 heavy (non-hydrogen) atoms. The van der Waals surface area contributed by atoms with Crippen molar-refractivity contribution in [2.45, 2.75) is 0 Å². The van der Waals surface area contributed by atoms with Crippen molar-refractivity contribution >= 4 is 76.2 Å². The van der Waals surface area contributed by atoms with Gasteiger partial charge in [-0.15, -0.1) is 0 Å². The molecule has 9 aromatic carbocycles. The second kappa shape index (κ2) is 11.6. The van der Waals surface area contributed by atoms with Gasteiger partial charge in [0, 0.05) is 49.4 Å². The van der Waals surface area contributed by atoms with E-state index in [1.807, 2.05) is 0 Å². The zero-order chi connectivity index (χ0) is 36.0. The first-order valence-electron chi connectivity index (χ1n) is 18.9. The van der Waals surface area contributed by atoms with Gasteiger partial charge in [-0.05, 0) is 101 Å². The molecular weight excluding hydrogens is 667 g/mol. The lowest BCUT2D eigenvalue weighted by molar-refractivity contribution is 1.15. The van der Waals surface area contributed by atoms with Gasteiger partial charge in [-0.1, -0.05) is 121 Å². The molecule has 3 nitrogen and oxygen atoms in total. The third kappa shape index (κ3) is 4.44. The Balaban J connectivity index is 1.04. The van der Waals surface area contributed by atoms with Crippen molar-refractivity contribution in [2.24, 2.45) is 0 Å². The maximum absolute atomic E-state index is 2.43. The predicted molar refractivity (Wildman–Crippen MR) is 232 cm³/mol. The number of benzene rings is 9. The minimum absolute atomic E-state index is 1.15. The maximum atomic E-state index is 2.43. The van der Waals surface area contributed by atoms with Crippen molar-refractivity contribution in [3.05, 3.63) is 200 Å². The molecule has 12 rings (SSSR count). The van der Waals surface area contributed by atoms with E-state index in [9.17, 15) is 0 Å². The van der Waals surface area contributed by atoms with Crippen molar-refractivity contribution in [1.29, 1.82) is 0 Å². The molecule has 0 aliphatic carbocycles. The van der Waals surface area contributed by atoms with Gasteiger partial charge in [0.1, 0.15) is 0 Å². The zero-order valence-electron chi connectivity index (χ0n) is 29.9. The average molecular weight is 700 g/mol. The summed E-state index contributed by atoms with van der Waals surface area (Å²) in [7, 11) is 0. The Kier molecular flexibility index (Phi) is 6.34. The van der Waals surface area contributed by atoms with Crippen LogP contribution in [0.15, 0.2) is 200 Å². The average Bonchev–Trinajstić information content (AvgIpc) is 3.88. The molecule has 0 saturated heterocycles. The SMILES string of the molecule is c1ccc(-n2c3ccccc3c3ccc(-n4c5ccccc5c5cc(-c6ccc7c(c6)c6ccccc6n7-c6ccc7ccccc7c6)ccc54)cc32)cc1. The second-order valence-electron chi connectivity index (χ2n) is 14.6. The van der Waals surface area contributed by atoms with Crippen molar-refractivity contribution in [1.82, 2.24) is 13.7 Å². The molecule has 0 unspecified atom stereocenters. The van der Waals surface area contributed by atoms with Gasteiger partial charge < -0.3 is 13.7 Å². The number of fused-ring (bicyclic) bond motifs is 10. The van der Waals surface area contributed by atoms with Crippen LogP contribution in [0.1, 0.15) is 0 Å². The molecule has 0 amide bonds. The fraction of sp³-hybridized carbons (Fsp3) is 0. The number of para-hydroxylation sites is 4. The van der Waals surface area contributed by atoms with Gasteiger partial charge in [0.05, 0.1) is 33.1 Å². The van der Waals surface area contributed by atoms with Crippen LogP contribution < -0.4 is 0 Å². The third-order valence-corrected chi connectivity index (χ3v) is 11.6. The van der Waals surface area contributed by atoms with Gasteiger partial charge in [-0.3, -0.25) is 0 Å². The molecule has 0 aliphatic heterocycles. The summed E-state index contributed by atoms with van der Waals surface area (Å²) in [6.45, 7) is 0.